The third-order valence-electron chi connectivity index (χ3n) is 5.70. The van der Waals surface area contributed by atoms with E-state index >= 15 is 0 Å². The molecule has 0 saturated carbocycles. The van der Waals surface area contributed by atoms with Crippen molar-refractivity contribution in [1.29, 1.82) is 0 Å². The maximum Gasteiger partial charge on any atom is 0.313 e. The van der Waals surface area contributed by atoms with Gasteiger partial charge in [0, 0.05) is 43.9 Å². The van der Waals surface area contributed by atoms with Crippen LogP contribution in [0.4, 0.5) is 11.4 Å². The molecule has 0 spiro atoms. The van der Waals surface area contributed by atoms with Crippen molar-refractivity contribution in [3.63, 3.8) is 0 Å². The Bertz CT molecular complexity index is 866. The summed E-state index contributed by atoms with van der Waals surface area (Å²) in [6.07, 6.45) is 2.39. The van der Waals surface area contributed by atoms with Crippen LogP contribution in [0.3, 0.4) is 0 Å². The van der Waals surface area contributed by atoms with Gasteiger partial charge in [0.1, 0.15) is 6.04 Å². The summed E-state index contributed by atoms with van der Waals surface area (Å²) in [5, 5.41) is 5.58. The van der Waals surface area contributed by atoms with Gasteiger partial charge in [-0.05, 0) is 49.2 Å². The minimum absolute atomic E-state index is 0.140. The summed E-state index contributed by atoms with van der Waals surface area (Å²) in [4.78, 5) is 28.4. The van der Waals surface area contributed by atoms with Gasteiger partial charge < -0.3 is 20.4 Å². The van der Waals surface area contributed by atoms with Crippen LogP contribution < -0.4 is 20.4 Å². The van der Waals surface area contributed by atoms with Crippen molar-refractivity contribution in [2.75, 3.05) is 43.9 Å². The summed E-state index contributed by atoms with van der Waals surface area (Å²) in [6, 6.07) is 14.4. The van der Waals surface area contributed by atoms with Crippen LogP contribution in [-0.2, 0) is 9.59 Å². The molecule has 160 valence electrons. The predicted octanol–water partition coefficient (Wildman–Crippen LogP) is 1.84. The van der Waals surface area contributed by atoms with Gasteiger partial charge in [-0.3, -0.25) is 9.59 Å². The van der Waals surface area contributed by atoms with Crippen LogP contribution >= 0.6 is 0 Å². The van der Waals surface area contributed by atoms with Crippen molar-refractivity contribution in [3.05, 3.63) is 59.2 Å². The van der Waals surface area contributed by atoms with Crippen molar-refractivity contribution in [1.82, 2.24) is 5.32 Å². The summed E-state index contributed by atoms with van der Waals surface area (Å²) < 4.78 is 0. The van der Waals surface area contributed by atoms with Crippen LogP contribution in [0.5, 0.6) is 0 Å². The van der Waals surface area contributed by atoms with Gasteiger partial charge in [-0.15, -0.1) is 0 Å². The SMILES string of the molecule is Cc1cc(C)cc(NC(=O)C(=O)NC[C@H](c2ccc(N(C)C)cc2)[NH+]2CCCC2)c1. The van der Waals surface area contributed by atoms with E-state index in [1.807, 2.05) is 46.1 Å². The molecular weight excluding hydrogens is 376 g/mol. The third kappa shape index (κ3) is 5.60. The van der Waals surface area contributed by atoms with Crippen LogP contribution in [0.25, 0.3) is 0 Å². The molecule has 2 aromatic rings. The Balaban J connectivity index is 1.65. The first kappa shape index (κ1) is 21.8. The van der Waals surface area contributed by atoms with Crippen molar-refractivity contribution in [2.24, 2.45) is 0 Å². The summed E-state index contributed by atoms with van der Waals surface area (Å²) in [7, 11) is 4.04. The monoisotopic (exact) mass is 409 g/mol. The quantitative estimate of drug-likeness (QED) is 0.638. The Morgan fingerprint density at radius 3 is 2.13 bits per heavy atom. The summed E-state index contributed by atoms with van der Waals surface area (Å²) >= 11 is 0. The molecule has 1 fully saturated rings. The molecular formula is C24H33N4O2+. The third-order valence-corrected chi connectivity index (χ3v) is 5.70. The maximum atomic E-state index is 12.5. The first-order valence-electron chi connectivity index (χ1n) is 10.6. The van der Waals surface area contributed by atoms with E-state index < -0.39 is 11.8 Å². The molecule has 0 aromatic heterocycles. The predicted molar refractivity (Wildman–Crippen MR) is 121 cm³/mol. The molecule has 30 heavy (non-hydrogen) atoms. The molecule has 0 radical (unpaired) electrons. The molecule has 1 saturated heterocycles. The Morgan fingerprint density at radius 1 is 0.967 bits per heavy atom. The lowest BCUT2D eigenvalue weighted by molar-refractivity contribution is -0.918. The highest BCUT2D eigenvalue weighted by molar-refractivity contribution is 6.39. The lowest BCUT2D eigenvalue weighted by Gasteiger charge is -2.25. The van der Waals surface area contributed by atoms with E-state index in [2.05, 4.69) is 39.8 Å². The summed E-state index contributed by atoms with van der Waals surface area (Å²) in [5.41, 5.74) is 5.07. The number of likely N-dealkylation sites (tertiary alicyclic amines) is 1. The smallest absolute Gasteiger partial charge is 0.313 e. The van der Waals surface area contributed by atoms with Crippen LogP contribution in [0.15, 0.2) is 42.5 Å². The first-order valence-corrected chi connectivity index (χ1v) is 10.6. The highest BCUT2D eigenvalue weighted by atomic mass is 16.2. The fraction of sp³-hybridized carbons (Fsp3) is 0.417. The zero-order valence-electron chi connectivity index (χ0n) is 18.4. The highest BCUT2D eigenvalue weighted by Gasteiger charge is 2.28. The molecule has 6 heteroatoms. The normalized spacial score (nSPS) is 14.9. The van der Waals surface area contributed by atoms with Crippen molar-refractivity contribution in [3.8, 4) is 0 Å². The number of hydrogen-bond acceptors (Lipinski definition) is 3. The number of carbonyl (C=O) groups excluding carboxylic acids is 2. The van der Waals surface area contributed by atoms with Crippen LogP contribution in [-0.4, -0.2) is 45.5 Å². The topological polar surface area (TPSA) is 65.9 Å². The fourth-order valence-electron chi connectivity index (χ4n) is 4.19. The number of amides is 2. The number of nitrogens with zero attached hydrogens (tertiary/aromatic N) is 1. The molecule has 2 aromatic carbocycles. The molecule has 1 aliphatic heterocycles. The minimum atomic E-state index is -0.627. The van der Waals surface area contributed by atoms with Crippen LogP contribution in [0, 0.1) is 13.8 Å². The van der Waals surface area contributed by atoms with Gasteiger partial charge in [0.25, 0.3) is 0 Å². The Hall–Kier alpha value is -2.86. The first-order chi connectivity index (χ1) is 14.3. The minimum Gasteiger partial charge on any atom is -0.378 e. The molecule has 0 unspecified atom stereocenters. The molecule has 3 N–H and O–H groups in total. The second kappa shape index (κ2) is 9.76. The number of aryl methyl sites for hydroxylation is 2. The van der Waals surface area contributed by atoms with Gasteiger partial charge in [0.15, 0.2) is 0 Å². The Labute approximate surface area is 179 Å². The average molecular weight is 410 g/mol. The van der Waals surface area contributed by atoms with E-state index in [4.69, 9.17) is 0 Å². The number of carbonyl (C=O) groups is 2. The number of quaternary nitrogens is 1. The fourth-order valence-corrected chi connectivity index (χ4v) is 4.19. The molecule has 0 bridgehead atoms. The van der Waals surface area contributed by atoms with E-state index in [1.54, 1.807) is 0 Å². The molecule has 0 aliphatic carbocycles. The standard InChI is InChI=1S/C24H32N4O2/c1-17-13-18(2)15-20(14-17)26-24(30)23(29)25-16-22(28-11-5-6-12-28)19-7-9-21(10-8-19)27(3)4/h7-10,13-15,22H,5-6,11-12,16H2,1-4H3,(H,25,29)(H,26,30)/p+1/t22-/m1/s1. The van der Waals surface area contributed by atoms with E-state index in [0.29, 0.717) is 12.2 Å². The average Bonchev–Trinajstić information content (AvgIpc) is 3.22. The number of rotatable bonds is 6. The van der Waals surface area contributed by atoms with E-state index in [1.165, 1.54) is 23.3 Å². The van der Waals surface area contributed by atoms with E-state index in [-0.39, 0.29) is 6.04 Å². The van der Waals surface area contributed by atoms with Gasteiger partial charge in [-0.1, -0.05) is 18.2 Å². The lowest BCUT2D eigenvalue weighted by atomic mass is 10.0. The van der Waals surface area contributed by atoms with Gasteiger partial charge in [0.2, 0.25) is 0 Å². The summed E-state index contributed by atoms with van der Waals surface area (Å²) in [5.74, 6) is -1.22. The van der Waals surface area contributed by atoms with Gasteiger partial charge in [-0.25, -0.2) is 0 Å². The van der Waals surface area contributed by atoms with E-state index in [0.717, 1.165) is 29.9 Å². The Kier molecular flexibility index (Phi) is 7.11. The van der Waals surface area contributed by atoms with Crippen molar-refractivity contribution >= 4 is 23.2 Å². The van der Waals surface area contributed by atoms with Crippen LogP contribution in [0.2, 0.25) is 0 Å². The maximum absolute atomic E-state index is 12.5. The highest BCUT2D eigenvalue weighted by Crippen LogP contribution is 2.17. The van der Waals surface area contributed by atoms with Crippen molar-refractivity contribution in [2.45, 2.75) is 32.7 Å². The summed E-state index contributed by atoms with van der Waals surface area (Å²) in [6.45, 7) is 6.55. The number of hydrogen-bond donors (Lipinski definition) is 3. The number of anilines is 2. The zero-order valence-corrected chi connectivity index (χ0v) is 18.4. The second-order valence-corrected chi connectivity index (χ2v) is 8.44. The Morgan fingerprint density at radius 2 is 1.57 bits per heavy atom. The molecule has 1 aliphatic rings. The molecule has 1 atom stereocenters. The van der Waals surface area contributed by atoms with Crippen LogP contribution in [0.1, 0.15) is 35.6 Å². The molecule has 6 nitrogen and oxygen atoms in total. The lowest BCUT2D eigenvalue weighted by Crippen LogP contribution is -3.11. The second-order valence-electron chi connectivity index (χ2n) is 8.44. The zero-order chi connectivity index (χ0) is 21.7. The number of benzene rings is 2. The van der Waals surface area contributed by atoms with E-state index in [9.17, 15) is 9.59 Å². The van der Waals surface area contributed by atoms with Crippen molar-refractivity contribution < 1.29 is 14.5 Å². The molecule has 2 amide bonds. The molecule has 1 heterocycles. The van der Waals surface area contributed by atoms with Gasteiger partial charge in [0.05, 0.1) is 19.6 Å². The van der Waals surface area contributed by atoms with Gasteiger partial charge in [-0.2, -0.15) is 0 Å². The van der Waals surface area contributed by atoms with Gasteiger partial charge >= 0.3 is 11.8 Å². The largest absolute Gasteiger partial charge is 0.378 e. The number of nitrogens with one attached hydrogen (secondary N) is 3. The molecule has 3 rings (SSSR count).